The molecule has 18 heteroatoms. The summed E-state index contributed by atoms with van der Waals surface area (Å²) < 4.78 is 108. The molecule has 4 heterocycles. The van der Waals surface area contributed by atoms with Gasteiger partial charge in [0.05, 0.1) is 15.5 Å². The number of nitrogens with zero attached hydrogens (tertiary/aromatic N) is 2. The second kappa shape index (κ2) is 18.4. The maximum atomic E-state index is 12.6. The van der Waals surface area contributed by atoms with Crippen molar-refractivity contribution in [1.82, 2.24) is 0 Å². The van der Waals surface area contributed by atoms with Crippen LogP contribution in [0, 0.1) is 0 Å². The first-order chi connectivity index (χ1) is 25.8. The molecule has 0 saturated carbocycles. The number of benzene rings is 2. The zero-order chi connectivity index (χ0) is 40.0. The third-order valence-electron chi connectivity index (χ3n) is 11.5. The molecule has 2 unspecified atom stereocenters. The molecule has 0 spiro atoms. The van der Waals surface area contributed by atoms with Crippen LogP contribution in [-0.2, 0) is 58.8 Å². The van der Waals surface area contributed by atoms with Crippen LogP contribution in [0.5, 0.6) is 0 Å². The van der Waals surface area contributed by atoms with Gasteiger partial charge < -0.3 is 24.0 Å². The summed E-state index contributed by atoms with van der Waals surface area (Å²) in [6.07, 6.45) is 16.2. The number of hydrogen-bond donors (Lipinski definition) is 2. The number of carboxylic acid groups (broad SMARTS) is 1. The summed E-state index contributed by atoms with van der Waals surface area (Å²) in [5, 5.41) is 9.12. The first-order valence-electron chi connectivity index (χ1n) is 18.5. The third kappa shape index (κ3) is 10.1. The van der Waals surface area contributed by atoms with Crippen LogP contribution in [0.1, 0.15) is 93.9 Å². The summed E-state index contributed by atoms with van der Waals surface area (Å²) in [5.74, 6) is -1.34. The Morgan fingerprint density at radius 2 is 1.37 bits per heavy atom. The second-order valence-electron chi connectivity index (χ2n) is 15.2. The Morgan fingerprint density at radius 3 is 1.98 bits per heavy atom. The van der Waals surface area contributed by atoms with Gasteiger partial charge in [0.2, 0.25) is 0 Å². The van der Waals surface area contributed by atoms with Gasteiger partial charge in [0.15, 0.2) is 0 Å². The minimum atomic E-state index is -4.88. The van der Waals surface area contributed by atoms with Crippen molar-refractivity contribution in [3.63, 3.8) is 0 Å². The van der Waals surface area contributed by atoms with Crippen molar-refractivity contribution in [3.8, 4) is 0 Å². The van der Waals surface area contributed by atoms with E-state index in [1.54, 1.807) is 24.3 Å². The maximum Gasteiger partial charge on any atom is 1.00 e. The van der Waals surface area contributed by atoms with E-state index in [2.05, 4.69) is 4.90 Å². The fourth-order valence-corrected chi connectivity index (χ4v) is 11.2. The predicted octanol–water partition coefficient (Wildman–Crippen LogP) is -0.166. The number of aliphatic carboxylic acids is 1. The molecule has 6 rings (SSSR count). The van der Waals surface area contributed by atoms with E-state index in [1.165, 1.54) is 12.1 Å². The summed E-state index contributed by atoms with van der Waals surface area (Å²) in [6, 6.07) is 6.15. The van der Waals surface area contributed by atoms with Crippen LogP contribution in [0.2, 0.25) is 0 Å². The number of allylic oxidation sites excluding steroid dienone is 7. The smallest absolute Gasteiger partial charge is 0.744 e. The van der Waals surface area contributed by atoms with E-state index >= 15 is 0 Å². The Hall–Kier alpha value is -1.80. The summed E-state index contributed by atoms with van der Waals surface area (Å²) in [5.41, 5.74) is 3.83. The fourth-order valence-electron chi connectivity index (χ4n) is 8.99. The van der Waals surface area contributed by atoms with Crippen LogP contribution in [-0.4, -0.2) is 68.8 Å². The minimum Gasteiger partial charge on any atom is -0.744 e. The van der Waals surface area contributed by atoms with Gasteiger partial charge >= 0.3 is 65.1 Å². The van der Waals surface area contributed by atoms with Crippen molar-refractivity contribution in [1.29, 1.82) is 0 Å². The van der Waals surface area contributed by atoms with E-state index in [1.807, 2.05) is 43.2 Å². The average molecular weight is 861 g/mol. The molecule has 0 bridgehead atoms. The Kier molecular flexibility index (Phi) is 15.5. The van der Waals surface area contributed by atoms with E-state index in [-0.39, 0.29) is 81.7 Å². The molecule has 0 aliphatic carbocycles. The Bertz CT molecular complexity index is 2360. The van der Waals surface area contributed by atoms with Gasteiger partial charge in [-0.25, -0.2) is 16.8 Å². The number of unbranched alkanes of at least 4 members (excludes halogenated alkanes) is 3. The number of carboxylic acids is 1. The Balaban J connectivity index is 0.00000360. The molecule has 4 aliphatic rings. The average Bonchev–Trinajstić information content (AvgIpc) is 3.61. The molecular formula is C39H46N2Na2O11S3. The summed E-state index contributed by atoms with van der Waals surface area (Å²) in [7, 11) is -13.9. The molecule has 2 atom stereocenters. The van der Waals surface area contributed by atoms with Crippen molar-refractivity contribution in [2.75, 3.05) is 28.6 Å². The van der Waals surface area contributed by atoms with E-state index in [0.29, 0.717) is 80.4 Å². The van der Waals surface area contributed by atoms with Crippen LogP contribution in [0.25, 0.3) is 0 Å². The maximum absolute atomic E-state index is 12.6. The first kappa shape index (κ1) is 47.9. The Labute approximate surface area is 380 Å². The Morgan fingerprint density at radius 1 is 0.772 bits per heavy atom. The molecule has 57 heavy (non-hydrogen) atoms. The summed E-state index contributed by atoms with van der Waals surface area (Å²) in [4.78, 5) is 14.6. The topological polar surface area (TPSA) is 213 Å². The molecule has 2 N–H and O–H groups in total. The van der Waals surface area contributed by atoms with Crippen LogP contribution >= 0.6 is 0 Å². The number of rotatable bonds is 16. The number of aryl methyl sites for hydroxylation is 1. The standard InChI is InChI=1S/C39H48N2O11S3.2Na/c1-38(21-9-10-25-53(44,45)46)29(26-40-24-20-28-17-19-30(54(47,48)49)34(38)36(28)40)13-5-3-6-14-32-39(2,22-8-4-7-15-33(42)43)35-31(55(50,51)52)18-16-27-12-11-23-41(32)37(27)35;;/h3,5-6,13-14,16-19,26H,4,7-12,15,20-25H2,1-2H3,(H,42,43)(H,44,45,46)(H,47,48,49)(H,50,51,52);;/q;2*+1/p-2. The van der Waals surface area contributed by atoms with Gasteiger partial charge in [0, 0.05) is 64.7 Å². The zero-order valence-corrected chi connectivity index (χ0v) is 39.3. The molecule has 0 amide bonds. The first-order valence-corrected chi connectivity index (χ1v) is 22.9. The molecule has 2 aromatic rings. The van der Waals surface area contributed by atoms with Crippen molar-refractivity contribution < 1.29 is 108 Å². The fraction of sp³-hybridized carbons (Fsp3) is 0.462. The normalized spacial score (nSPS) is 22.1. The number of carbonyl (C=O) groups is 1. The molecule has 0 fully saturated rings. The summed E-state index contributed by atoms with van der Waals surface area (Å²) >= 11 is 0. The van der Waals surface area contributed by atoms with Crippen LogP contribution in [0.4, 0.5) is 11.4 Å². The molecule has 2 aromatic carbocycles. The van der Waals surface area contributed by atoms with Crippen LogP contribution < -0.4 is 68.9 Å². The largest absolute Gasteiger partial charge is 1.00 e. The van der Waals surface area contributed by atoms with Gasteiger partial charge in [-0.3, -0.25) is 9.35 Å². The van der Waals surface area contributed by atoms with E-state index < -0.39 is 52.9 Å². The molecule has 0 aromatic heterocycles. The third-order valence-corrected chi connectivity index (χ3v) is 14.1. The van der Waals surface area contributed by atoms with Crippen molar-refractivity contribution in [3.05, 3.63) is 94.4 Å². The van der Waals surface area contributed by atoms with Gasteiger partial charge in [-0.1, -0.05) is 62.6 Å². The number of hydrogen-bond acceptors (Lipinski definition) is 11. The van der Waals surface area contributed by atoms with Gasteiger partial charge in [-0.05, 0) is 86.8 Å². The predicted molar refractivity (Wildman–Crippen MR) is 206 cm³/mol. The van der Waals surface area contributed by atoms with E-state index in [4.69, 9.17) is 5.11 Å². The SMILES string of the molecule is CC1(CCCCS(=O)(=O)O)C(C=CC=CC=C2N3CCCc4ccc(S(=O)(=O)[O-])c(c43)C2(C)CCCCCC(=O)O)=CN2CCc3ccc(S(=O)(=O)[O-])c1c32.[Na+].[Na+]. The van der Waals surface area contributed by atoms with Crippen LogP contribution in [0.3, 0.4) is 0 Å². The molecule has 0 radical (unpaired) electrons. The zero-order valence-electron chi connectivity index (χ0n) is 32.9. The minimum absolute atomic E-state index is 0. The second-order valence-corrected chi connectivity index (χ2v) is 19.5. The van der Waals surface area contributed by atoms with E-state index in [9.17, 15) is 43.7 Å². The van der Waals surface area contributed by atoms with E-state index in [0.717, 1.165) is 35.4 Å². The van der Waals surface area contributed by atoms with Gasteiger partial charge in [0.1, 0.15) is 20.2 Å². The van der Waals surface area contributed by atoms with Gasteiger partial charge in [-0.2, -0.15) is 8.42 Å². The number of anilines is 2. The molecule has 298 valence electrons. The van der Waals surface area contributed by atoms with Crippen molar-refractivity contribution >= 4 is 47.7 Å². The van der Waals surface area contributed by atoms with Crippen molar-refractivity contribution in [2.45, 2.75) is 105 Å². The molecule has 0 saturated heterocycles. The van der Waals surface area contributed by atoms with Crippen molar-refractivity contribution in [2.24, 2.45) is 0 Å². The molecule has 13 nitrogen and oxygen atoms in total. The molecule has 4 aliphatic heterocycles. The van der Waals surface area contributed by atoms with Gasteiger partial charge in [0.25, 0.3) is 10.1 Å². The van der Waals surface area contributed by atoms with Gasteiger partial charge in [-0.15, -0.1) is 0 Å². The van der Waals surface area contributed by atoms with Crippen LogP contribution in [0.15, 0.2) is 81.9 Å². The quantitative estimate of drug-likeness (QED) is 0.0974. The monoisotopic (exact) mass is 860 g/mol. The molecular weight excluding hydrogens is 815 g/mol. The summed E-state index contributed by atoms with van der Waals surface area (Å²) in [6.45, 7) is 4.98.